The molecule has 2 N–H and O–H groups in total. The Hall–Kier alpha value is -1.69. The highest BCUT2D eigenvalue weighted by Gasteiger charge is 2.42. The van der Waals surface area contributed by atoms with Crippen LogP contribution >= 0.6 is 0 Å². The molecule has 0 bridgehead atoms. The lowest BCUT2D eigenvalue weighted by Crippen LogP contribution is -2.44. The maximum absolute atomic E-state index is 12.4. The smallest absolute Gasteiger partial charge is 0.247 e. The third-order valence-corrected chi connectivity index (χ3v) is 4.22. The van der Waals surface area contributed by atoms with E-state index in [4.69, 9.17) is 0 Å². The Morgan fingerprint density at radius 2 is 2.10 bits per heavy atom. The molecule has 1 aromatic rings. The number of aromatic amines is 1. The molecule has 20 heavy (non-hydrogen) atoms. The highest BCUT2D eigenvalue weighted by atomic mass is 16.2. The minimum absolute atomic E-state index is 0.0241. The minimum Gasteiger partial charge on any atom is -0.347 e. The summed E-state index contributed by atoms with van der Waals surface area (Å²) >= 11 is 0. The molecule has 1 saturated heterocycles. The van der Waals surface area contributed by atoms with Crippen molar-refractivity contribution in [3.05, 3.63) is 18.2 Å². The second kappa shape index (κ2) is 5.75. The summed E-state index contributed by atoms with van der Waals surface area (Å²) in [5.41, 5.74) is 0.918. The van der Waals surface area contributed by atoms with Gasteiger partial charge in [0.2, 0.25) is 11.8 Å². The number of carbonyl (C=O) groups is 2. The van der Waals surface area contributed by atoms with Crippen LogP contribution in [0.3, 0.4) is 0 Å². The molecule has 1 saturated carbocycles. The largest absolute Gasteiger partial charge is 0.347 e. The number of likely N-dealkylation sites (tertiary alicyclic amines) is 1. The number of imidazole rings is 1. The summed E-state index contributed by atoms with van der Waals surface area (Å²) in [5.74, 6) is -0.0783. The van der Waals surface area contributed by atoms with Gasteiger partial charge in [-0.1, -0.05) is 19.3 Å². The lowest BCUT2D eigenvalue weighted by atomic mass is 9.94. The van der Waals surface area contributed by atoms with Gasteiger partial charge in [0.25, 0.3) is 0 Å². The zero-order valence-corrected chi connectivity index (χ0v) is 11.5. The third kappa shape index (κ3) is 2.60. The molecule has 1 unspecified atom stereocenters. The number of nitrogens with one attached hydrogen (secondary N) is 2. The average molecular weight is 276 g/mol. The fraction of sp³-hybridized carbons (Fsp3) is 0.643. The van der Waals surface area contributed by atoms with Crippen molar-refractivity contribution < 1.29 is 9.59 Å². The summed E-state index contributed by atoms with van der Waals surface area (Å²) in [5, 5.41) is 3.15. The molecule has 1 atom stereocenters. The molecule has 0 aromatic carbocycles. The van der Waals surface area contributed by atoms with Gasteiger partial charge in [0.1, 0.15) is 0 Å². The first kappa shape index (κ1) is 13.3. The number of rotatable bonds is 4. The number of nitrogens with zero attached hydrogens (tertiary/aromatic N) is 2. The van der Waals surface area contributed by atoms with Crippen molar-refractivity contribution in [2.45, 2.75) is 57.2 Å². The monoisotopic (exact) mass is 276 g/mol. The molecule has 1 aliphatic carbocycles. The predicted octanol–water partition coefficient (Wildman–Crippen LogP) is 0.959. The van der Waals surface area contributed by atoms with Gasteiger partial charge in [-0.2, -0.15) is 0 Å². The number of imide groups is 1. The molecule has 1 aromatic heterocycles. The predicted molar refractivity (Wildman–Crippen MR) is 72.6 cm³/mol. The molecule has 6 nitrogen and oxygen atoms in total. The van der Waals surface area contributed by atoms with E-state index < -0.39 is 0 Å². The molecule has 0 spiro atoms. The number of hydrogen-bond donors (Lipinski definition) is 2. The van der Waals surface area contributed by atoms with Crippen LogP contribution in [0.5, 0.6) is 0 Å². The van der Waals surface area contributed by atoms with E-state index in [-0.39, 0.29) is 30.3 Å². The summed E-state index contributed by atoms with van der Waals surface area (Å²) in [6.45, 7) is 0.530. The Labute approximate surface area is 117 Å². The normalized spacial score (nSPS) is 24.6. The van der Waals surface area contributed by atoms with E-state index in [0.717, 1.165) is 31.4 Å². The Bertz CT molecular complexity index is 479. The van der Waals surface area contributed by atoms with Gasteiger partial charge in [-0.3, -0.25) is 19.8 Å². The fourth-order valence-electron chi connectivity index (χ4n) is 3.15. The van der Waals surface area contributed by atoms with Crippen molar-refractivity contribution in [2.24, 2.45) is 0 Å². The van der Waals surface area contributed by atoms with E-state index >= 15 is 0 Å². The fourth-order valence-corrected chi connectivity index (χ4v) is 3.15. The SMILES string of the molecule is O=C1CC(NCc2cnc[nH]2)C(=O)N1C1CCCCC1. The molecule has 0 radical (unpaired) electrons. The quantitative estimate of drug-likeness (QED) is 0.803. The van der Waals surface area contributed by atoms with Crippen LogP contribution in [0.2, 0.25) is 0 Å². The molecule has 3 rings (SSSR count). The molecular formula is C14H20N4O2. The number of hydrogen-bond acceptors (Lipinski definition) is 4. The third-order valence-electron chi connectivity index (χ3n) is 4.22. The van der Waals surface area contributed by atoms with Crippen molar-refractivity contribution in [1.29, 1.82) is 0 Å². The number of carbonyl (C=O) groups excluding carboxylic acids is 2. The summed E-state index contributed by atoms with van der Waals surface area (Å²) in [6.07, 6.45) is 8.98. The number of amides is 2. The van der Waals surface area contributed by atoms with Crippen LogP contribution in [0.25, 0.3) is 0 Å². The zero-order chi connectivity index (χ0) is 13.9. The van der Waals surface area contributed by atoms with Gasteiger partial charge >= 0.3 is 0 Å². The maximum Gasteiger partial charge on any atom is 0.247 e. The lowest BCUT2D eigenvalue weighted by molar-refractivity contribution is -0.142. The molecule has 2 aliphatic rings. The Morgan fingerprint density at radius 1 is 1.30 bits per heavy atom. The summed E-state index contributed by atoms with van der Waals surface area (Å²) in [6, 6.07) is -0.254. The Kier molecular flexibility index (Phi) is 3.82. The first-order chi connectivity index (χ1) is 9.75. The van der Waals surface area contributed by atoms with Gasteiger partial charge in [0, 0.05) is 24.5 Å². The summed E-state index contributed by atoms with van der Waals surface area (Å²) < 4.78 is 0. The van der Waals surface area contributed by atoms with Crippen LogP contribution in [0.1, 0.15) is 44.2 Å². The van der Waals surface area contributed by atoms with Gasteiger partial charge in [0.15, 0.2) is 0 Å². The highest BCUT2D eigenvalue weighted by molar-refractivity contribution is 6.05. The lowest BCUT2D eigenvalue weighted by Gasteiger charge is -2.29. The molecule has 1 aliphatic heterocycles. The van der Waals surface area contributed by atoms with Crippen LogP contribution < -0.4 is 5.32 Å². The second-order valence-corrected chi connectivity index (χ2v) is 5.61. The number of aromatic nitrogens is 2. The second-order valence-electron chi connectivity index (χ2n) is 5.61. The van der Waals surface area contributed by atoms with Crippen LogP contribution in [0, 0.1) is 0 Å². The van der Waals surface area contributed by atoms with E-state index in [1.807, 2.05) is 0 Å². The van der Waals surface area contributed by atoms with E-state index in [9.17, 15) is 9.59 Å². The van der Waals surface area contributed by atoms with E-state index in [1.165, 1.54) is 11.3 Å². The van der Waals surface area contributed by atoms with Crippen LogP contribution in [0.15, 0.2) is 12.5 Å². The van der Waals surface area contributed by atoms with Crippen molar-refractivity contribution in [2.75, 3.05) is 0 Å². The van der Waals surface area contributed by atoms with Gasteiger partial charge in [0.05, 0.1) is 18.8 Å². The summed E-state index contributed by atoms with van der Waals surface area (Å²) in [4.78, 5) is 32.9. The first-order valence-corrected chi connectivity index (χ1v) is 7.32. The van der Waals surface area contributed by atoms with Gasteiger partial charge in [-0.05, 0) is 12.8 Å². The number of H-pyrrole nitrogens is 1. The van der Waals surface area contributed by atoms with Crippen molar-refractivity contribution in [3.8, 4) is 0 Å². The Balaban J connectivity index is 1.60. The van der Waals surface area contributed by atoms with Gasteiger partial charge in [-0.25, -0.2) is 4.98 Å². The van der Waals surface area contributed by atoms with Crippen LogP contribution in [-0.4, -0.2) is 38.8 Å². The van der Waals surface area contributed by atoms with Gasteiger partial charge in [-0.15, -0.1) is 0 Å². The minimum atomic E-state index is -0.382. The van der Waals surface area contributed by atoms with E-state index in [1.54, 1.807) is 12.5 Å². The molecule has 6 heteroatoms. The summed E-state index contributed by atoms with van der Waals surface area (Å²) in [7, 11) is 0. The van der Waals surface area contributed by atoms with E-state index in [2.05, 4.69) is 15.3 Å². The van der Waals surface area contributed by atoms with Crippen molar-refractivity contribution >= 4 is 11.8 Å². The first-order valence-electron chi connectivity index (χ1n) is 7.32. The van der Waals surface area contributed by atoms with Gasteiger partial charge < -0.3 is 4.98 Å². The zero-order valence-electron chi connectivity index (χ0n) is 11.5. The topological polar surface area (TPSA) is 78.1 Å². The average Bonchev–Trinajstić information content (AvgIpc) is 3.06. The molecular weight excluding hydrogens is 256 g/mol. The molecule has 2 heterocycles. The maximum atomic E-state index is 12.4. The Morgan fingerprint density at radius 3 is 2.80 bits per heavy atom. The standard InChI is InChI=1S/C14H20N4O2/c19-13-6-12(16-8-10-7-15-9-17-10)14(20)18(13)11-4-2-1-3-5-11/h7,9,11-12,16H,1-6,8H2,(H,15,17). The molecule has 108 valence electrons. The molecule has 2 amide bonds. The van der Waals surface area contributed by atoms with Crippen molar-refractivity contribution in [3.63, 3.8) is 0 Å². The molecule has 2 fully saturated rings. The van der Waals surface area contributed by atoms with Crippen molar-refractivity contribution in [1.82, 2.24) is 20.2 Å². The van der Waals surface area contributed by atoms with Crippen LogP contribution in [0.4, 0.5) is 0 Å². The van der Waals surface area contributed by atoms with Crippen LogP contribution in [-0.2, 0) is 16.1 Å². The highest BCUT2D eigenvalue weighted by Crippen LogP contribution is 2.27. The van der Waals surface area contributed by atoms with E-state index in [0.29, 0.717) is 6.54 Å².